The third kappa shape index (κ3) is 3.64. The third-order valence-corrected chi connectivity index (χ3v) is 3.03. The third-order valence-electron chi connectivity index (χ3n) is 2.33. The fourth-order valence-electron chi connectivity index (χ4n) is 1.53. The summed E-state index contributed by atoms with van der Waals surface area (Å²) in [6.45, 7) is 4.16. The van der Waals surface area contributed by atoms with Crippen LogP contribution in [0.5, 0.6) is 0 Å². The zero-order chi connectivity index (χ0) is 11.5. The molecule has 1 aromatic rings. The van der Waals surface area contributed by atoms with Gasteiger partial charge in [-0.15, -0.1) is 0 Å². The summed E-state index contributed by atoms with van der Waals surface area (Å²) in [5, 5.41) is 9.14. The number of rotatable bonds is 5. The Morgan fingerprint density at radius 1 is 1.47 bits per heavy atom. The second-order valence-electron chi connectivity index (χ2n) is 3.56. The number of hydrogen-bond donors (Lipinski definition) is 1. The van der Waals surface area contributed by atoms with E-state index in [4.69, 9.17) is 5.14 Å². The molecule has 0 aromatic carbocycles. The smallest absolute Gasteiger partial charge is 0.214 e. The van der Waals surface area contributed by atoms with Gasteiger partial charge < -0.3 is 0 Å². The van der Waals surface area contributed by atoms with Crippen molar-refractivity contribution in [2.45, 2.75) is 38.5 Å². The lowest BCUT2D eigenvalue weighted by molar-refractivity contribution is 0.426. The van der Waals surface area contributed by atoms with Crippen LogP contribution in [-0.2, 0) is 15.8 Å². The van der Waals surface area contributed by atoms with E-state index < -0.39 is 10.0 Å². The molecule has 0 bridgehead atoms. The fraction of sp³-hybridized carbons (Fsp3) is 0.667. The first-order valence-electron chi connectivity index (χ1n) is 5.00. The van der Waals surface area contributed by atoms with Crippen LogP contribution < -0.4 is 5.14 Å². The Morgan fingerprint density at radius 3 is 2.53 bits per heavy atom. The summed E-state index contributed by atoms with van der Waals surface area (Å²) in [5.41, 5.74) is 0.504. The molecular weight excluding hydrogens is 214 g/mol. The molecule has 0 atom stereocenters. The van der Waals surface area contributed by atoms with Crippen LogP contribution in [0.25, 0.3) is 0 Å². The van der Waals surface area contributed by atoms with Crippen LogP contribution in [0, 0.1) is 0 Å². The van der Waals surface area contributed by atoms with Gasteiger partial charge in [0.1, 0.15) is 5.75 Å². The quantitative estimate of drug-likeness (QED) is 0.822. The molecular formula is C9H17N3O2S. The van der Waals surface area contributed by atoms with Crippen LogP contribution in [0.3, 0.4) is 0 Å². The molecule has 2 N–H and O–H groups in total. The van der Waals surface area contributed by atoms with Crippen molar-refractivity contribution in [3.8, 4) is 0 Å². The highest BCUT2D eigenvalue weighted by Gasteiger charge is 2.11. The van der Waals surface area contributed by atoms with Crippen molar-refractivity contribution in [3.05, 3.63) is 18.0 Å². The van der Waals surface area contributed by atoms with Crippen LogP contribution in [0.1, 0.15) is 38.4 Å². The summed E-state index contributed by atoms with van der Waals surface area (Å²) in [7, 11) is -3.48. The largest absolute Gasteiger partial charge is 0.269 e. The lowest BCUT2D eigenvalue weighted by Gasteiger charge is -2.12. The molecule has 0 amide bonds. The van der Waals surface area contributed by atoms with Gasteiger partial charge in [0.05, 0.1) is 11.7 Å². The molecule has 0 aliphatic rings. The highest BCUT2D eigenvalue weighted by molar-refractivity contribution is 7.88. The molecule has 86 valence electrons. The van der Waals surface area contributed by atoms with Crippen LogP contribution in [-0.4, -0.2) is 18.2 Å². The van der Waals surface area contributed by atoms with Gasteiger partial charge in [0.2, 0.25) is 10.0 Å². The number of nitrogens with zero attached hydrogens (tertiary/aromatic N) is 2. The van der Waals surface area contributed by atoms with E-state index in [9.17, 15) is 8.42 Å². The van der Waals surface area contributed by atoms with Crippen LogP contribution in [0.4, 0.5) is 0 Å². The molecule has 0 spiro atoms. The van der Waals surface area contributed by atoms with Crippen LogP contribution >= 0.6 is 0 Å². The lowest BCUT2D eigenvalue weighted by Crippen LogP contribution is -2.15. The van der Waals surface area contributed by atoms with Gasteiger partial charge in [-0.3, -0.25) is 4.68 Å². The summed E-state index contributed by atoms with van der Waals surface area (Å²) < 4.78 is 23.5. The molecule has 0 saturated carbocycles. The van der Waals surface area contributed by atoms with E-state index in [2.05, 4.69) is 18.9 Å². The molecule has 0 saturated heterocycles. The topological polar surface area (TPSA) is 78.0 Å². The van der Waals surface area contributed by atoms with E-state index in [1.807, 2.05) is 0 Å². The van der Waals surface area contributed by atoms with Gasteiger partial charge in [-0.25, -0.2) is 13.6 Å². The van der Waals surface area contributed by atoms with Crippen molar-refractivity contribution in [2.24, 2.45) is 5.14 Å². The van der Waals surface area contributed by atoms with Crippen molar-refractivity contribution in [3.63, 3.8) is 0 Å². The normalized spacial score (nSPS) is 12.3. The van der Waals surface area contributed by atoms with Gasteiger partial charge in [0.25, 0.3) is 0 Å². The molecule has 5 nitrogen and oxygen atoms in total. The van der Waals surface area contributed by atoms with E-state index in [-0.39, 0.29) is 5.75 Å². The zero-order valence-corrected chi connectivity index (χ0v) is 9.87. The van der Waals surface area contributed by atoms with Gasteiger partial charge in [-0.2, -0.15) is 5.10 Å². The Labute approximate surface area is 90.3 Å². The number of nitrogens with two attached hydrogens (primary N) is 1. The maximum atomic E-state index is 10.8. The highest BCUT2D eigenvalue weighted by Crippen LogP contribution is 2.14. The first-order valence-corrected chi connectivity index (χ1v) is 6.72. The molecule has 6 heteroatoms. The minimum absolute atomic E-state index is 0.194. The summed E-state index contributed by atoms with van der Waals surface area (Å²) >= 11 is 0. The summed E-state index contributed by atoms with van der Waals surface area (Å²) in [5.74, 6) is -0.194. The summed E-state index contributed by atoms with van der Waals surface area (Å²) in [6.07, 6.45) is 3.76. The van der Waals surface area contributed by atoms with Gasteiger partial charge in [0.15, 0.2) is 0 Å². The average Bonchev–Trinajstić information content (AvgIpc) is 2.52. The van der Waals surface area contributed by atoms with E-state index in [1.54, 1.807) is 16.9 Å². The molecule has 1 rings (SSSR count). The van der Waals surface area contributed by atoms with Crippen LogP contribution in [0.15, 0.2) is 12.3 Å². The Bertz CT molecular complexity index is 407. The predicted molar refractivity (Wildman–Crippen MR) is 58.7 cm³/mol. The Balaban J connectivity index is 2.80. The second kappa shape index (κ2) is 4.76. The first-order chi connectivity index (χ1) is 6.96. The van der Waals surface area contributed by atoms with Crippen molar-refractivity contribution in [1.82, 2.24) is 9.78 Å². The van der Waals surface area contributed by atoms with E-state index in [0.29, 0.717) is 11.7 Å². The Hall–Kier alpha value is -0.880. The number of hydrogen-bond acceptors (Lipinski definition) is 3. The van der Waals surface area contributed by atoms with Crippen molar-refractivity contribution in [1.29, 1.82) is 0 Å². The zero-order valence-electron chi connectivity index (χ0n) is 9.05. The van der Waals surface area contributed by atoms with Crippen LogP contribution in [0.2, 0.25) is 0 Å². The molecule has 15 heavy (non-hydrogen) atoms. The number of sulfonamides is 1. The monoisotopic (exact) mass is 231 g/mol. The Kier molecular flexibility index (Phi) is 3.87. The summed E-state index contributed by atoms with van der Waals surface area (Å²) in [4.78, 5) is 0. The first kappa shape index (κ1) is 12.2. The predicted octanol–water partition coefficient (Wildman–Crippen LogP) is 1.03. The van der Waals surface area contributed by atoms with Crippen molar-refractivity contribution in [2.75, 3.05) is 0 Å². The number of aromatic nitrogens is 2. The summed E-state index contributed by atoms with van der Waals surface area (Å²) in [6, 6.07) is 2.03. The Morgan fingerprint density at radius 2 is 2.07 bits per heavy atom. The standard InChI is InChI=1S/C9H17N3O2S/c1-3-9(4-2)12-6-5-8(11-12)7-15(10,13)14/h5-6,9H,3-4,7H2,1-2H3,(H2,10,13,14). The molecule has 0 fully saturated rings. The maximum Gasteiger partial charge on any atom is 0.214 e. The minimum Gasteiger partial charge on any atom is -0.269 e. The fourth-order valence-corrected chi connectivity index (χ4v) is 2.09. The average molecular weight is 231 g/mol. The molecule has 0 unspecified atom stereocenters. The minimum atomic E-state index is -3.48. The molecule has 1 heterocycles. The molecule has 0 aliphatic heterocycles. The van der Waals surface area contributed by atoms with E-state index in [1.165, 1.54) is 0 Å². The van der Waals surface area contributed by atoms with Crippen molar-refractivity contribution < 1.29 is 8.42 Å². The van der Waals surface area contributed by atoms with Gasteiger partial charge in [-0.05, 0) is 18.9 Å². The van der Waals surface area contributed by atoms with E-state index in [0.717, 1.165) is 12.8 Å². The van der Waals surface area contributed by atoms with Gasteiger partial charge in [-0.1, -0.05) is 13.8 Å². The van der Waals surface area contributed by atoms with Crippen molar-refractivity contribution >= 4 is 10.0 Å². The molecule has 1 aromatic heterocycles. The highest BCUT2D eigenvalue weighted by atomic mass is 32.2. The number of primary sulfonamides is 1. The second-order valence-corrected chi connectivity index (χ2v) is 5.18. The molecule has 0 radical (unpaired) electrons. The van der Waals surface area contributed by atoms with E-state index >= 15 is 0 Å². The SMILES string of the molecule is CCC(CC)n1ccc(CS(N)(=O)=O)n1. The maximum absolute atomic E-state index is 10.8. The lowest BCUT2D eigenvalue weighted by atomic mass is 10.2. The molecule has 0 aliphatic carbocycles. The van der Waals surface area contributed by atoms with Gasteiger partial charge >= 0.3 is 0 Å². The van der Waals surface area contributed by atoms with Gasteiger partial charge in [0, 0.05) is 6.20 Å².